The Bertz CT molecular complexity index is 1500. The van der Waals surface area contributed by atoms with Gasteiger partial charge in [-0.1, -0.05) is 78.9 Å². The second-order valence-corrected chi connectivity index (χ2v) is 11.2. The zero-order valence-electron chi connectivity index (χ0n) is 25.3. The normalized spacial score (nSPS) is 15.2. The lowest BCUT2D eigenvalue weighted by molar-refractivity contribution is -0.149. The molecule has 228 valence electrons. The summed E-state index contributed by atoms with van der Waals surface area (Å²) in [6, 6.07) is 32.4. The fraction of sp³-hybridized carbons (Fsp3) is 0.306. The number of rotatable bonds is 11. The average molecular weight is 594 g/mol. The molecule has 0 spiro atoms. The number of nitrogens with zero attached hydrogens (tertiary/aromatic N) is 3. The van der Waals surface area contributed by atoms with Crippen LogP contribution in [-0.2, 0) is 20.7 Å². The van der Waals surface area contributed by atoms with Gasteiger partial charge in [-0.15, -0.1) is 0 Å². The number of amides is 2. The van der Waals surface area contributed by atoms with Crippen LogP contribution in [0.4, 0.5) is 5.69 Å². The van der Waals surface area contributed by atoms with Gasteiger partial charge in [0.2, 0.25) is 5.91 Å². The molecule has 2 amide bonds. The van der Waals surface area contributed by atoms with Gasteiger partial charge in [0, 0.05) is 38.9 Å². The number of furan rings is 1. The molecular formula is C36H39N3O5. The van der Waals surface area contributed by atoms with Crippen molar-refractivity contribution < 1.29 is 23.5 Å². The number of likely N-dealkylation sites (tertiary alicyclic amines) is 1. The maximum Gasteiger partial charge on any atom is 0.332 e. The first-order valence-corrected chi connectivity index (χ1v) is 15.0. The Morgan fingerprint density at radius 3 is 2.07 bits per heavy atom. The predicted molar refractivity (Wildman–Crippen MR) is 169 cm³/mol. The molecule has 1 atom stereocenters. The molecule has 1 aliphatic heterocycles. The van der Waals surface area contributed by atoms with Crippen LogP contribution in [0.1, 0.15) is 40.4 Å². The molecular weight excluding hydrogens is 554 g/mol. The molecule has 8 nitrogen and oxygen atoms in total. The monoisotopic (exact) mass is 593 g/mol. The summed E-state index contributed by atoms with van der Waals surface area (Å²) in [5.41, 5.74) is 1.48. The highest BCUT2D eigenvalue weighted by atomic mass is 16.5. The van der Waals surface area contributed by atoms with Crippen LogP contribution in [0.5, 0.6) is 0 Å². The first-order valence-electron chi connectivity index (χ1n) is 15.0. The molecule has 3 aromatic carbocycles. The van der Waals surface area contributed by atoms with Gasteiger partial charge in [-0.05, 0) is 54.7 Å². The van der Waals surface area contributed by atoms with E-state index in [-0.39, 0.29) is 17.6 Å². The quantitative estimate of drug-likeness (QED) is 0.216. The number of hydrogen-bond acceptors (Lipinski definition) is 6. The fourth-order valence-corrected chi connectivity index (χ4v) is 6.05. The van der Waals surface area contributed by atoms with Crippen molar-refractivity contribution >= 4 is 23.5 Å². The highest BCUT2D eigenvalue weighted by Gasteiger charge is 2.51. The lowest BCUT2D eigenvalue weighted by atomic mass is 9.83. The number of benzene rings is 3. The van der Waals surface area contributed by atoms with Crippen LogP contribution in [0.25, 0.3) is 0 Å². The largest absolute Gasteiger partial charge is 0.467 e. The van der Waals surface area contributed by atoms with E-state index in [0.29, 0.717) is 44.7 Å². The number of methoxy groups -OCH3 is 1. The predicted octanol–water partition coefficient (Wildman–Crippen LogP) is 5.42. The minimum Gasteiger partial charge on any atom is -0.467 e. The number of carbonyl (C=O) groups is 3. The second-order valence-electron chi connectivity index (χ2n) is 11.2. The van der Waals surface area contributed by atoms with E-state index in [4.69, 9.17) is 9.15 Å². The Morgan fingerprint density at radius 1 is 0.864 bits per heavy atom. The van der Waals surface area contributed by atoms with E-state index in [0.717, 1.165) is 12.0 Å². The van der Waals surface area contributed by atoms with Gasteiger partial charge in [-0.2, -0.15) is 0 Å². The van der Waals surface area contributed by atoms with E-state index in [9.17, 15) is 14.4 Å². The lowest BCUT2D eigenvalue weighted by Gasteiger charge is -2.46. The third-order valence-corrected chi connectivity index (χ3v) is 8.52. The van der Waals surface area contributed by atoms with Crippen LogP contribution < -0.4 is 4.90 Å². The molecule has 1 saturated heterocycles. The fourth-order valence-electron chi connectivity index (χ4n) is 6.05. The maximum absolute atomic E-state index is 13.9. The minimum absolute atomic E-state index is 0.0517. The van der Waals surface area contributed by atoms with E-state index in [1.807, 2.05) is 90.8 Å². The highest BCUT2D eigenvalue weighted by Crippen LogP contribution is 2.37. The number of para-hydroxylation sites is 1. The molecule has 2 heterocycles. The Kier molecular flexibility index (Phi) is 9.92. The molecule has 8 heteroatoms. The molecule has 0 bridgehead atoms. The van der Waals surface area contributed by atoms with Gasteiger partial charge in [0.25, 0.3) is 5.91 Å². The van der Waals surface area contributed by atoms with Gasteiger partial charge in [-0.3, -0.25) is 14.5 Å². The van der Waals surface area contributed by atoms with Crippen molar-refractivity contribution in [1.82, 2.24) is 9.80 Å². The van der Waals surface area contributed by atoms with E-state index in [2.05, 4.69) is 17.0 Å². The van der Waals surface area contributed by atoms with Crippen molar-refractivity contribution in [2.45, 2.75) is 30.7 Å². The van der Waals surface area contributed by atoms with Gasteiger partial charge in [-0.25, -0.2) is 4.79 Å². The summed E-state index contributed by atoms with van der Waals surface area (Å²) in [5.74, 6) is -1.06. The summed E-state index contributed by atoms with van der Waals surface area (Å²) in [4.78, 5) is 46.9. The summed E-state index contributed by atoms with van der Waals surface area (Å²) in [7, 11) is 3.21. The van der Waals surface area contributed by atoms with Gasteiger partial charge in [0.05, 0.1) is 19.3 Å². The Morgan fingerprint density at radius 2 is 1.48 bits per heavy atom. The molecule has 0 saturated carbocycles. The maximum atomic E-state index is 13.9. The number of ether oxygens (including phenoxy) is 1. The summed E-state index contributed by atoms with van der Waals surface area (Å²) >= 11 is 0. The number of hydrogen-bond donors (Lipinski definition) is 0. The van der Waals surface area contributed by atoms with Crippen LogP contribution in [0, 0.1) is 0 Å². The van der Waals surface area contributed by atoms with Crippen LogP contribution in [0.2, 0.25) is 0 Å². The van der Waals surface area contributed by atoms with Crippen molar-refractivity contribution in [3.8, 4) is 0 Å². The molecule has 0 radical (unpaired) electrons. The Labute approximate surface area is 258 Å². The topological polar surface area (TPSA) is 83.3 Å². The summed E-state index contributed by atoms with van der Waals surface area (Å²) in [6.45, 7) is 2.09. The van der Waals surface area contributed by atoms with E-state index in [1.54, 1.807) is 12.1 Å². The smallest absolute Gasteiger partial charge is 0.332 e. The van der Waals surface area contributed by atoms with E-state index < -0.39 is 17.4 Å². The highest BCUT2D eigenvalue weighted by molar-refractivity contribution is 6.09. The number of carbonyl (C=O) groups excluding carboxylic acids is 3. The third-order valence-electron chi connectivity index (χ3n) is 8.52. The second kappa shape index (κ2) is 14.2. The SMILES string of the molecule is COC(=O)C1(N(C(=O)c2ccco2)c2ccccc2)CCN(CC(C(=O)N(C)CCc2ccccc2)c2ccccc2)CC1. The van der Waals surface area contributed by atoms with Crippen molar-refractivity contribution in [1.29, 1.82) is 0 Å². The Balaban J connectivity index is 1.37. The van der Waals surface area contributed by atoms with Crippen LogP contribution >= 0.6 is 0 Å². The van der Waals surface area contributed by atoms with Gasteiger partial charge < -0.3 is 19.0 Å². The van der Waals surface area contributed by atoms with E-state index >= 15 is 0 Å². The first-order chi connectivity index (χ1) is 21.4. The average Bonchev–Trinajstić information content (AvgIpc) is 3.63. The number of piperidine rings is 1. The van der Waals surface area contributed by atoms with Gasteiger partial charge in [0.1, 0.15) is 5.54 Å². The zero-order valence-corrected chi connectivity index (χ0v) is 25.3. The van der Waals surface area contributed by atoms with Crippen LogP contribution in [0.3, 0.4) is 0 Å². The Hall–Kier alpha value is -4.69. The van der Waals surface area contributed by atoms with Crippen LogP contribution in [0.15, 0.2) is 114 Å². The number of likely N-dealkylation sites (N-methyl/N-ethyl adjacent to an activating group) is 1. The molecule has 0 N–H and O–H groups in total. The van der Waals surface area contributed by atoms with Crippen molar-refractivity contribution in [3.63, 3.8) is 0 Å². The molecule has 5 rings (SSSR count). The van der Waals surface area contributed by atoms with Crippen molar-refractivity contribution in [2.24, 2.45) is 0 Å². The minimum atomic E-state index is -1.24. The number of anilines is 1. The first kappa shape index (κ1) is 30.8. The summed E-state index contributed by atoms with van der Waals surface area (Å²) < 4.78 is 10.8. The molecule has 4 aromatic rings. The van der Waals surface area contributed by atoms with Crippen LogP contribution in [-0.4, -0.2) is 73.5 Å². The standard InChI is InChI=1S/C36H39N3O5/c1-37(23-20-28-13-6-3-7-14-28)33(40)31(29-15-8-4-9-16-29)27-38-24-21-36(22-25-38,35(42)43-2)39(30-17-10-5-11-18-30)34(41)32-19-12-26-44-32/h3-19,26,31H,20-25,27H2,1-2H3. The summed E-state index contributed by atoms with van der Waals surface area (Å²) in [5, 5.41) is 0. The molecule has 1 aliphatic rings. The molecule has 1 unspecified atom stereocenters. The van der Waals surface area contributed by atoms with E-state index in [1.165, 1.54) is 23.8 Å². The number of esters is 1. The molecule has 0 aliphatic carbocycles. The summed E-state index contributed by atoms with van der Waals surface area (Å²) in [6.07, 6.45) is 2.89. The van der Waals surface area contributed by atoms with Crippen molar-refractivity contribution in [3.05, 3.63) is 126 Å². The molecule has 1 fully saturated rings. The van der Waals surface area contributed by atoms with Gasteiger partial charge in [0.15, 0.2) is 5.76 Å². The van der Waals surface area contributed by atoms with Crippen molar-refractivity contribution in [2.75, 3.05) is 45.2 Å². The van der Waals surface area contributed by atoms with Gasteiger partial charge >= 0.3 is 5.97 Å². The molecule has 44 heavy (non-hydrogen) atoms. The third kappa shape index (κ3) is 6.76. The zero-order chi connectivity index (χ0) is 30.9. The molecule has 1 aromatic heterocycles. The lowest BCUT2D eigenvalue weighted by Crippen LogP contribution is -2.63.